The predicted octanol–water partition coefficient (Wildman–Crippen LogP) is 5.30. The third-order valence-electron chi connectivity index (χ3n) is 3.46. The van der Waals surface area contributed by atoms with Gasteiger partial charge in [0.15, 0.2) is 0 Å². The molecule has 0 bridgehead atoms. The highest BCUT2D eigenvalue weighted by Gasteiger charge is 2.04. The van der Waals surface area contributed by atoms with Gasteiger partial charge in [-0.15, -0.1) is 23.1 Å². The molecule has 1 nitrogen and oxygen atoms in total. The van der Waals surface area contributed by atoms with E-state index in [0.29, 0.717) is 0 Å². The summed E-state index contributed by atoms with van der Waals surface area (Å²) >= 11 is 3.75. The zero-order valence-corrected chi connectivity index (χ0v) is 13.8. The Kier molecular flexibility index (Phi) is 4.96. The van der Waals surface area contributed by atoms with Gasteiger partial charge >= 0.3 is 0 Å². The molecule has 0 saturated heterocycles. The summed E-state index contributed by atoms with van der Waals surface area (Å²) in [4.78, 5) is 1.34. The van der Waals surface area contributed by atoms with E-state index in [1.165, 1.54) is 26.1 Å². The van der Waals surface area contributed by atoms with Crippen LogP contribution in [0.15, 0.2) is 58.8 Å². The van der Waals surface area contributed by atoms with Gasteiger partial charge in [0, 0.05) is 21.9 Å². The molecule has 0 atom stereocenters. The minimum absolute atomic E-state index is 0.955. The summed E-state index contributed by atoms with van der Waals surface area (Å²) in [5.74, 6) is 1.04. The zero-order chi connectivity index (χ0) is 14.5. The van der Waals surface area contributed by atoms with Crippen LogP contribution >= 0.6 is 23.1 Å². The molecule has 0 aliphatic carbocycles. The van der Waals surface area contributed by atoms with E-state index in [2.05, 4.69) is 66.2 Å². The van der Waals surface area contributed by atoms with Crippen LogP contribution in [-0.4, -0.2) is 6.54 Å². The first-order valence-electron chi connectivity index (χ1n) is 7.24. The fourth-order valence-corrected chi connectivity index (χ4v) is 4.24. The maximum absolute atomic E-state index is 3.35. The van der Waals surface area contributed by atoms with E-state index in [4.69, 9.17) is 0 Å². The van der Waals surface area contributed by atoms with E-state index in [-0.39, 0.29) is 0 Å². The van der Waals surface area contributed by atoms with Gasteiger partial charge in [0.1, 0.15) is 0 Å². The molecule has 21 heavy (non-hydrogen) atoms. The summed E-state index contributed by atoms with van der Waals surface area (Å²) in [6.07, 6.45) is 0. The van der Waals surface area contributed by atoms with E-state index in [0.717, 1.165) is 18.8 Å². The lowest BCUT2D eigenvalue weighted by atomic mass is 10.2. The van der Waals surface area contributed by atoms with Gasteiger partial charge in [-0.25, -0.2) is 0 Å². The number of thiophene rings is 1. The third-order valence-corrected chi connectivity index (χ3v) is 5.53. The Morgan fingerprint density at radius 2 is 1.86 bits per heavy atom. The quantitative estimate of drug-likeness (QED) is 0.619. The second-order valence-corrected chi connectivity index (χ2v) is 6.93. The average molecular weight is 313 g/mol. The lowest BCUT2D eigenvalue weighted by Crippen LogP contribution is -2.11. The van der Waals surface area contributed by atoms with Crippen LogP contribution in [0, 0.1) is 0 Å². The van der Waals surface area contributed by atoms with Crippen LogP contribution in [0.2, 0.25) is 0 Å². The van der Waals surface area contributed by atoms with E-state index in [1.807, 2.05) is 23.1 Å². The highest BCUT2D eigenvalue weighted by molar-refractivity contribution is 7.98. The molecule has 1 N–H and O–H groups in total. The van der Waals surface area contributed by atoms with Crippen molar-refractivity contribution in [1.82, 2.24) is 5.32 Å². The summed E-state index contributed by atoms with van der Waals surface area (Å²) in [7, 11) is 0. The van der Waals surface area contributed by atoms with E-state index in [9.17, 15) is 0 Å². The van der Waals surface area contributed by atoms with Crippen LogP contribution in [0.1, 0.15) is 18.1 Å². The first-order valence-corrected chi connectivity index (χ1v) is 9.11. The van der Waals surface area contributed by atoms with Crippen molar-refractivity contribution < 1.29 is 0 Å². The molecular weight excluding hydrogens is 294 g/mol. The van der Waals surface area contributed by atoms with E-state index >= 15 is 0 Å². The number of hydrogen-bond donors (Lipinski definition) is 1. The number of hydrogen-bond acceptors (Lipinski definition) is 3. The summed E-state index contributed by atoms with van der Waals surface area (Å²) in [6.45, 7) is 4.10. The van der Waals surface area contributed by atoms with E-state index < -0.39 is 0 Å². The second kappa shape index (κ2) is 7.12. The molecule has 1 aromatic heterocycles. The molecule has 3 aromatic rings. The first-order chi connectivity index (χ1) is 10.4. The molecule has 3 rings (SSSR count). The molecule has 108 valence electrons. The number of rotatable bonds is 6. The Morgan fingerprint density at radius 1 is 1.05 bits per heavy atom. The van der Waals surface area contributed by atoms with Gasteiger partial charge in [0.2, 0.25) is 0 Å². The molecule has 1 heterocycles. The summed E-state index contributed by atoms with van der Waals surface area (Å²) < 4.78 is 1.38. The lowest BCUT2D eigenvalue weighted by molar-refractivity contribution is 0.726. The Balaban J connectivity index is 1.64. The normalized spacial score (nSPS) is 11.1. The molecule has 0 spiro atoms. The van der Waals surface area contributed by atoms with Crippen molar-refractivity contribution in [3.05, 3.63) is 65.0 Å². The Morgan fingerprint density at radius 3 is 2.67 bits per heavy atom. The first kappa shape index (κ1) is 14.6. The Labute approximate surface area is 134 Å². The molecule has 0 saturated carbocycles. The van der Waals surface area contributed by atoms with Crippen LogP contribution in [0.4, 0.5) is 0 Å². The van der Waals surface area contributed by atoms with Crippen molar-refractivity contribution in [1.29, 1.82) is 0 Å². The predicted molar refractivity (Wildman–Crippen MR) is 95.2 cm³/mol. The third kappa shape index (κ3) is 3.67. The van der Waals surface area contributed by atoms with Crippen LogP contribution in [0.25, 0.3) is 10.1 Å². The number of nitrogens with one attached hydrogen (secondary N) is 1. The van der Waals surface area contributed by atoms with Crippen molar-refractivity contribution in [3.63, 3.8) is 0 Å². The molecule has 0 aliphatic rings. The Hall–Kier alpha value is -1.29. The van der Waals surface area contributed by atoms with Crippen molar-refractivity contribution in [2.45, 2.75) is 24.1 Å². The van der Waals surface area contributed by atoms with Gasteiger partial charge in [-0.1, -0.05) is 37.3 Å². The summed E-state index contributed by atoms with van der Waals surface area (Å²) in [6, 6.07) is 17.5. The molecule has 0 fully saturated rings. The smallest absolute Gasteiger partial charge is 0.0345 e. The average Bonchev–Trinajstić information content (AvgIpc) is 2.95. The van der Waals surface area contributed by atoms with Gasteiger partial charge in [-0.3, -0.25) is 0 Å². The molecule has 3 heteroatoms. The molecule has 0 unspecified atom stereocenters. The molecular formula is C18H19NS2. The van der Waals surface area contributed by atoms with Crippen LogP contribution in [-0.2, 0) is 12.3 Å². The van der Waals surface area contributed by atoms with Gasteiger partial charge in [0.05, 0.1) is 0 Å². The standard InChI is InChI=1S/C18H19NS2/c1-2-19-11-14-7-9-16(10-8-14)20-12-15-13-21-18-6-4-3-5-17(15)18/h3-10,13,19H,2,11-12H2,1H3. The zero-order valence-electron chi connectivity index (χ0n) is 12.1. The van der Waals surface area contributed by atoms with Crippen LogP contribution in [0.3, 0.4) is 0 Å². The topological polar surface area (TPSA) is 12.0 Å². The monoisotopic (exact) mass is 313 g/mol. The van der Waals surface area contributed by atoms with Gasteiger partial charge in [-0.2, -0.15) is 0 Å². The Bertz CT molecular complexity index is 701. The van der Waals surface area contributed by atoms with Gasteiger partial charge in [-0.05, 0) is 46.6 Å². The van der Waals surface area contributed by atoms with Gasteiger partial charge < -0.3 is 5.32 Å². The fraction of sp³-hybridized carbons (Fsp3) is 0.222. The summed E-state index contributed by atoms with van der Waals surface area (Å²) in [5, 5.41) is 7.04. The molecule has 2 aromatic carbocycles. The minimum atomic E-state index is 0.955. The fourth-order valence-electron chi connectivity index (χ4n) is 2.28. The van der Waals surface area contributed by atoms with Crippen molar-refractivity contribution in [2.75, 3.05) is 6.54 Å². The largest absolute Gasteiger partial charge is 0.313 e. The van der Waals surface area contributed by atoms with Crippen LogP contribution < -0.4 is 5.32 Å². The van der Waals surface area contributed by atoms with E-state index in [1.54, 1.807) is 0 Å². The second-order valence-electron chi connectivity index (χ2n) is 4.97. The van der Waals surface area contributed by atoms with Gasteiger partial charge in [0.25, 0.3) is 0 Å². The number of thioether (sulfide) groups is 1. The molecule has 0 amide bonds. The lowest BCUT2D eigenvalue weighted by Gasteiger charge is -2.04. The molecule has 0 radical (unpaired) electrons. The van der Waals surface area contributed by atoms with Crippen molar-refractivity contribution in [3.8, 4) is 0 Å². The highest BCUT2D eigenvalue weighted by Crippen LogP contribution is 2.31. The maximum atomic E-state index is 3.35. The van der Waals surface area contributed by atoms with Crippen molar-refractivity contribution >= 4 is 33.2 Å². The van der Waals surface area contributed by atoms with Crippen molar-refractivity contribution in [2.24, 2.45) is 0 Å². The van der Waals surface area contributed by atoms with Crippen LogP contribution in [0.5, 0.6) is 0 Å². The summed E-state index contributed by atoms with van der Waals surface area (Å²) in [5.41, 5.74) is 2.79. The minimum Gasteiger partial charge on any atom is -0.313 e. The number of benzene rings is 2. The highest BCUT2D eigenvalue weighted by atomic mass is 32.2. The number of fused-ring (bicyclic) bond motifs is 1. The SMILES string of the molecule is CCNCc1ccc(SCc2csc3ccccc23)cc1. The molecule has 0 aliphatic heterocycles. The maximum Gasteiger partial charge on any atom is 0.0345 e.